The SMILES string of the molecule is CCOC(=O)C=C1C(c2ccccc2)=C1c1ccccc1. The molecule has 0 bridgehead atoms. The van der Waals surface area contributed by atoms with Gasteiger partial charge in [0.2, 0.25) is 0 Å². The Morgan fingerprint density at radius 3 is 1.81 bits per heavy atom. The first kappa shape index (κ1) is 13.4. The van der Waals surface area contributed by atoms with Crippen molar-refractivity contribution in [2.75, 3.05) is 6.61 Å². The zero-order chi connectivity index (χ0) is 14.7. The number of hydrogen-bond donors (Lipinski definition) is 0. The summed E-state index contributed by atoms with van der Waals surface area (Å²) < 4.78 is 5.02. The Morgan fingerprint density at radius 2 is 1.38 bits per heavy atom. The normalized spacial score (nSPS) is 13.1. The van der Waals surface area contributed by atoms with Crippen molar-refractivity contribution >= 4 is 17.1 Å². The van der Waals surface area contributed by atoms with Crippen molar-refractivity contribution in [2.45, 2.75) is 6.92 Å². The first-order valence-electron chi connectivity index (χ1n) is 7.05. The molecule has 0 aliphatic heterocycles. The maximum Gasteiger partial charge on any atom is 0.331 e. The van der Waals surface area contributed by atoms with Crippen molar-refractivity contribution in [3.8, 4) is 0 Å². The van der Waals surface area contributed by atoms with Gasteiger partial charge in [0.1, 0.15) is 0 Å². The number of allylic oxidation sites excluding steroid dienone is 3. The standard InChI is InChI=1S/C19H16O2/c1-2-21-17(20)13-16-18(14-9-5-3-6-10-14)19(16)15-11-7-4-8-12-15/h3-13H,2H2,1H3. The van der Waals surface area contributed by atoms with E-state index in [0.29, 0.717) is 6.61 Å². The topological polar surface area (TPSA) is 26.3 Å². The zero-order valence-electron chi connectivity index (χ0n) is 11.9. The summed E-state index contributed by atoms with van der Waals surface area (Å²) in [7, 11) is 0. The molecule has 0 spiro atoms. The van der Waals surface area contributed by atoms with Crippen molar-refractivity contribution in [3.05, 3.63) is 83.4 Å². The lowest BCUT2D eigenvalue weighted by Gasteiger charge is -1.95. The van der Waals surface area contributed by atoms with Crippen LogP contribution in [0.4, 0.5) is 0 Å². The van der Waals surface area contributed by atoms with E-state index in [2.05, 4.69) is 24.3 Å². The smallest absolute Gasteiger partial charge is 0.331 e. The quantitative estimate of drug-likeness (QED) is 0.620. The summed E-state index contributed by atoms with van der Waals surface area (Å²) >= 11 is 0. The minimum absolute atomic E-state index is 0.285. The van der Waals surface area contributed by atoms with Gasteiger partial charge in [-0.1, -0.05) is 60.7 Å². The van der Waals surface area contributed by atoms with Crippen LogP contribution in [0.25, 0.3) is 11.1 Å². The van der Waals surface area contributed by atoms with Gasteiger partial charge in [-0.25, -0.2) is 4.79 Å². The van der Waals surface area contributed by atoms with Crippen LogP contribution in [0.15, 0.2) is 72.3 Å². The van der Waals surface area contributed by atoms with E-state index in [1.54, 1.807) is 6.08 Å². The monoisotopic (exact) mass is 276 g/mol. The highest BCUT2D eigenvalue weighted by Gasteiger charge is 2.32. The Kier molecular flexibility index (Phi) is 3.69. The van der Waals surface area contributed by atoms with Gasteiger partial charge >= 0.3 is 5.97 Å². The Balaban J connectivity index is 1.99. The van der Waals surface area contributed by atoms with Gasteiger partial charge in [-0.3, -0.25) is 0 Å². The summed E-state index contributed by atoms with van der Waals surface area (Å²) in [6, 6.07) is 20.2. The molecule has 21 heavy (non-hydrogen) atoms. The van der Waals surface area contributed by atoms with Crippen molar-refractivity contribution in [3.63, 3.8) is 0 Å². The number of carbonyl (C=O) groups excluding carboxylic acids is 1. The van der Waals surface area contributed by atoms with E-state index in [1.165, 1.54) is 0 Å². The third-order valence-corrected chi connectivity index (χ3v) is 3.40. The predicted molar refractivity (Wildman–Crippen MR) is 84.4 cm³/mol. The highest BCUT2D eigenvalue weighted by atomic mass is 16.5. The number of rotatable bonds is 4. The van der Waals surface area contributed by atoms with Crippen LogP contribution in [0.3, 0.4) is 0 Å². The molecule has 0 saturated heterocycles. The largest absolute Gasteiger partial charge is 0.463 e. The maximum absolute atomic E-state index is 11.7. The lowest BCUT2D eigenvalue weighted by molar-refractivity contribution is -0.137. The first-order chi connectivity index (χ1) is 10.3. The molecule has 0 radical (unpaired) electrons. The molecule has 2 nitrogen and oxygen atoms in total. The lowest BCUT2D eigenvalue weighted by Crippen LogP contribution is -1.99. The van der Waals surface area contributed by atoms with E-state index in [9.17, 15) is 4.79 Å². The van der Waals surface area contributed by atoms with Crippen molar-refractivity contribution in [1.29, 1.82) is 0 Å². The fourth-order valence-electron chi connectivity index (χ4n) is 2.46. The molecule has 0 saturated carbocycles. The van der Waals surface area contributed by atoms with Gasteiger partial charge in [-0.05, 0) is 34.8 Å². The Bertz CT molecular complexity index is 658. The van der Waals surface area contributed by atoms with Gasteiger partial charge in [0.15, 0.2) is 0 Å². The Hall–Kier alpha value is -2.61. The number of ether oxygens (including phenoxy) is 1. The van der Waals surface area contributed by atoms with Crippen LogP contribution in [0.1, 0.15) is 18.1 Å². The molecule has 0 fully saturated rings. The van der Waals surface area contributed by atoms with E-state index in [1.807, 2.05) is 43.3 Å². The van der Waals surface area contributed by atoms with E-state index >= 15 is 0 Å². The molecule has 3 rings (SSSR count). The minimum atomic E-state index is -0.285. The fraction of sp³-hybridized carbons (Fsp3) is 0.105. The van der Waals surface area contributed by atoms with Crippen molar-refractivity contribution in [2.24, 2.45) is 0 Å². The summed E-state index contributed by atoms with van der Waals surface area (Å²) in [5.41, 5.74) is 5.51. The lowest BCUT2D eigenvalue weighted by atomic mass is 10.1. The second-order valence-electron chi connectivity index (χ2n) is 4.79. The molecule has 2 aromatic rings. The number of hydrogen-bond acceptors (Lipinski definition) is 2. The average Bonchev–Trinajstić information content (AvgIpc) is 3.23. The van der Waals surface area contributed by atoms with Crippen LogP contribution >= 0.6 is 0 Å². The minimum Gasteiger partial charge on any atom is -0.463 e. The Labute approximate surface area is 124 Å². The highest BCUT2D eigenvalue weighted by Crippen LogP contribution is 2.52. The van der Waals surface area contributed by atoms with Gasteiger partial charge in [0.25, 0.3) is 0 Å². The van der Waals surface area contributed by atoms with Crippen LogP contribution in [0.2, 0.25) is 0 Å². The fourth-order valence-corrected chi connectivity index (χ4v) is 2.46. The van der Waals surface area contributed by atoms with E-state index in [4.69, 9.17) is 4.74 Å². The van der Waals surface area contributed by atoms with Crippen LogP contribution in [0.5, 0.6) is 0 Å². The molecule has 2 aromatic carbocycles. The third kappa shape index (κ3) is 2.79. The summed E-state index contributed by atoms with van der Waals surface area (Å²) in [6.45, 7) is 2.21. The second kappa shape index (κ2) is 5.80. The maximum atomic E-state index is 11.7. The molecule has 0 N–H and O–H groups in total. The first-order valence-corrected chi connectivity index (χ1v) is 7.05. The number of benzene rings is 2. The summed E-state index contributed by atoms with van der Waals surface area (Å²) in [5.74, 6) is -0.285. The molecular formula is C19H16O2. The molecule has 0 unspecified atom stereocenters. The van der Waals surface area contributed by atoms with Crippen LogP contribution in [0, 0.1) is 0 Å². The molecule has 1 aliphatic carbocycles. The molecule has 1 aliphatic rings. The van der Waals surface area contributed by atoms with Gasteiger partial charge < -0.3 is 4.74 Å². The zero-order valence-corrected chi connectivity index (χ0v) is 11.9. The van der Waals surface area contributed by atoms with Gasteiger partial charge in [0.05, 0.1) is 6.61 Å². The van der Waals surface area contributed by atoms with E-state index in [0.717, 1.165) is 27.8 Å². The van der Waals surface area contributed by atoms with Crippen molar-refractivity contribution < 1.29 is 9.53 Å². The number of esters is 1. The molecule has 104 valence electrons. The van der Waals surface area contributed by atoms with Gasteiger partial charge in [-0.15, -0.1) is 0 Å². The predicted octanol–water partition coefficient (Wildman–Crippen LogP) is 4.10. The van der Waals surface area contributed by atoms with Gasteiger partial charge in [0, 0.05) is 6.08 Å². The highest BCUT2D eigenvalue weighted by molar-refractivity contribution is 6.27. The van der Waals surface area contributed by atoms with Crippen LogP contribution in [-0.2, 0) is 9.53 Å². The second-order valence-corrected chi connectivity index (χ2v) is 4.79. The summed E-state index contributed by atoms with van der Waals surface area (Å²) in [4.78, 5) is 11.7. The third-order valence-electron chi connectivity index (χ3n) is 3.40. The van der Waals surface area contributed by atoms with E-state index in [-0.39, 0.29) is 5.97 Å². The molecule has 0 atom stereocenters. The molecule has 0 amide bonds. The van der Waals surface area contributed by atoms with Crippen LogP contribution < -0.4 is 0 Å². The van der Waals surface area contributed by atoms with E-state index < -0.39 is 0 Å². The molecule has 0 aromatic heterocycles. The molecule has 0 heterocycles. The van der Waals surface area contributed by atoms with Crippen molar-refractivity contribution in [1.82, 2.24) is 0 Å². The number of carbonyl (C=O) groups is 1. The summed E-state index contributed by atoms with van der Waals surface area (Å²) in [5, 5.41) is 0. The summed E-state index contributed by atoms with van der Waals surface area (Å²) in [6.07, 6.45) is 1.59. The van der Waals surface area contributed by atoms with Gasteiger partial charge in [-0.2, -0.15) is 0 Å². The van der Waals surface area contributed by atoms with Crippen LogP contribution in [-0.4, -0.2) is 12.6 Å². The molecule has 2 heteroatoms. The average molecular weight is 276 g/mol. The molecular weight excluding hydrogens is 260 g/mol. The Morgan fingerprint density at radius 1 is 0.905 bits per heavy atom.